The molecule has 0 spiro atoms. The predicted octanol–water partition coefficient (Wildman–Crippen LogP) is 2.53. The largest absolute Gasteiger partial charge is 0.478 e. The van der Waals surface area contributed by atoms with E-state index in [1.807, 2.05) is 4.57 Å². The van der Waals surface area contributed by atoms with E-state index in [0.717, 1.165) is 30.4 Å². The molecular formula is C16H20N2O3. The van der Waals surface area contributed by atoms with Gasteiger partial charge in [0.15, 0.2) is 0 Å². The van der Waals surface area contributed by atoms with Crippen LogP contribution in [0.5, 0.6) is 0 Å². The van der Waals surface area contributed by atoms with Crippen LogP contribution < -0.4 is 0 Å². The first kappa shape index (κ1) is 14.1. The van der Waals surface area contributed by atoms with Gasteiger partial charge in [-0.1, -0.05) is 12.8 Å². The summed E-state index contributed by atoms with van der Waals surface area (Å²) in [5.74, 6) is -0.135. The average molecular weight is 288 g/mol. The number of nitrogens with zero attached hydrogens (tertiary/aromatic N) is 2. The van der Waals surface area contributed by atoms with Gasteiger partial charge in [-0.25, -0.2) is 9.78 Å². The Labute approximate surface area is 123 Å². The van der Waals surface area contributed by atoms with Gasteiger partial charge in [0.05, 0.1) is 22.9 Å². The molecule has 1 heterocycles. The highest BCUT2D eigenvalue weighted by atomic mass is 16.4. The first-order valence-corrected chi connectivity index (χ1v) is 7.48. The van der Waals surface area contributed by atoms with Crippen LogP contribution in [0.25, 0.3) is 11.0 Å². The molecule has 1 aliphatic carbocycles. The van der Waals surface area contributed by atoms with Crippen LogP contribution in [-0.2, 0) is 6.54 Å². The number of fused-ring (bicyclic) bond motifs is 1. The fourth-order valence-corrected chi connectivity index (χ4v) is 3.35. The van der Waals surface area contributed by atoms with Crippen molar-refractivity contribution >= 4 is 17.0 Å². The Bertz CT molecular complexity index is 650. The fraction of sp³-hybridized carbons (Fsp3) is 0.500. The number of rotatable bonds is 4. The third-order valence-corrected chi connectivity index (χ3v) is 4.60. The van der Waals surface area contributed by atoms with Crippen molar-refractivity contribution in [1.29, 1.82) is 0 Å². The van der Waals surface area contributed by atoms with E-state index in [0.29, 0.717) is 11.8 Å². The second-order valence-electron chi connectivity index (χ2n) is 5.89. The summed E-state index contributed by atoms with van der Waals surface area (Å²) in [5.41, 5.74) is 1.96. The van der Waals surface area contributed by atoms with Gasteiger partial charge in [-0.15, -0.1) is 0 Å². The van der Waals surface area contributed by atoms with Crippen LogP contribution in [0, 0.1) is 11.8 Å². The molecule has 0 bridgehead atoms. The molecule has 2 aromatic rings. The van der Waals surface area contributed by atoms with Crippen LogP contribution in [0.4, 0.5) is 0 Å². The summed E-state index contributed by atoms with van der Waals surface area (Å²) in [5, 5.41) is 18.6. The van der Waals surface area contributed by atoms with Crippen LogP contribution in [0.3, 0.4) is 0 Å². The Hall–Kier alpha value is -1.88. The Balaban J connectivity index is 1.89. The zero-order chi connectivity index (χ0) is 14.8. The number of carbonyl (C=O) groups is 1. The summed E-state index contributed by atoms with van der Waals surface area (Å²) in [6, 6.07) is 5.01. The molecule has 1 aromatic carbocycles. The lowest BCUT2D eigenvalue weighted by Crippen LogP contribution is -2.26. The molecule has 0 amide bonds. The molecule has 2 atom stereocenters. The normalized spacial score (nSPS) is 22.5. The molecule has 5 nitrogen and oxygen atoms in total. The van der Waals surface area contributed by atoms with E-state index in [4.69, 9.17) is 5.11 Å². The minimum atomic E-state index is -0.921. The summed E-state index contributed by atoms with van der Waals surface area (Å²) in [4.78, 5) is 15.4. The number of aromatic nitrogens is 2. The molecule has 0 aliphatic heterocycles. The molecule has 1 fully saturated rings. The van der Waals surface area contributed by atoms with Crippen molar-refractivity contribution in [2.75, 3.05) is 6.61 Å². The molecule has 5 heteroatoms. The van der Waals surface area contributed by atoms with E-state index >= 15 is 0 Å². The molecule has 112 valence electrons. The van der Waals surface area contributed by atoms with Crippen LogP contribution in [-0.4, -0.2) is 32.3 Å². The number of carboxylic acids is 1. The first-order chi connectivity index (χ1) is 10.2. The quantitative estimate of drug-likeness (QED) is 0.906. The zero-order valence-electron chi connectivity index (χ0n) is 11.9. The highest BCUT2D eigenvalue weighted by Crippen LogP contribution is 2.31. The van der Waals surface area contributed by atoms with E-state index < -0.39 is 5.97 Å². The van der Waals surface area contributed by atoms with Gasteiger partial charge in [-0.05, 0) is 42.9 Å². The van der Waals surface area contributed by atoms with Crippen molar-refractivity contribution in [3.05, 3.63) is 30.1 Å². The van der Waals surface area contributed by atoms with E-state index in [-0.39, 0.29) is 12.2 Å². The number of aromatic carboxylic acids is 1. The lowest BCUT2D eigenvalue weighted by atomic mass is 9.79. The third kappa shape index (κ3) is 2.78. The Morgan fingerprint density at radius 3 is 2.76 bits per heavy atom. The highest BCUT2D eigenvalue weighted by molar-refractivity contribution is 5.92. The van der Waals surface area contributed by atoms with Crippen LogP contribution >= 0.6 is 0 Å². The van der Waals surface area contributed by atoms with Gasteiger partial charge in [0.25, 0.3) is 0 Å². The lowest BCUT2D eigenvalue weighted by Gasteiger charge is -2.30. The van der Waals surface area contributed by atoms with Gasteiger partial charge in [0.1, 0.15) is 0 Å². The van der Waals surface area contributed by atoms with Gasteiger partial charge >= 0.3 is 5.97 Å². The molecule has 2 unspecified atom stereocenters. The average Bonchev–Trinajstić information content (AvgIpc) is 2.90. The van der Waals surface area contributed by atoms with Crippen molar-refractivity contribution in [2.24, 2.45) is 11.8 Å². The van der Waals surface area contributed by atoms with Crippen LogP contribution in [0.2, 0.25) is 0 Å². The number of aliphatic hydroxyl groups is 1. The van der Waals surface area contributed by atoms with Gasteiger partial charge in [-0.2, -0.15) is 0 Å². The molecule has 0 radical (unpaired) electrons. The maximum Gasteiger partial charge on any atom is 0.335 e. The summed E-state index contributed by atoms with van der Waals surface area (Å²) in [7, 11) is 0. The molecule has 3 rings (SSSR count). The number of carboxylic acid groups (broad SMARTS) is 1. The SMILES string of the molecule is O=C(O)c1ccc2ncn(CC3CCCCC3CO)c2c1. The number of imidazole rings is 1. The fourth-order valence-electron chi connectivity index (χ4n) is 3.35. The topological polar surface area (TPSA) is 75.3 Å². The summed E-state index contributed by atoms with van der Waals surface area (Å²) < 4.78 is 2.03. The lowest BCUT2D eigenvalue weighted by molar-refractivity contribution is 0.0697. The Morgan fingerprint density at radius 1 is 1.29 bits per heavy atom. The van der Waals surface area contributed by atoms with Crippen LogP contribution in [0.15, 0.2) is 24.5 Å². The van der Waals surface area contributed by atoms with Crippen molar-refractivity contribution < 1.29 is 15.0 Å². The van der Waals surface area contributed by atoms with E-state index in [1.165, 1.54) is 12.8 Å². The smallest absolute Gasteiger partial charge is 0.335 e. The van der Waals surface area contributed by atoms with Gasteiger partial charge < -0.3 is 14.8 Å². The minimum absolute atomic E-state index is 0.234. The van der Waals surface area contributed by atoms with Crippen molar-refractivity contribution in [1.82, 2.24) is 9.55 Å². The number of benzene rings is 1. The molecule has 1 aliphatic rings. The highest BCUT2D eigenvalue weighted by Gasteiger charge is 2.25. The molecule has 2 N–H and O–H groups in total. The Morgan fingerprint density at radius 2 is 2.05 bits per heavy atom. The standard InChI is InChI=1S/C16H20N2O3/c19-9-13-4-2-1-3-12(13)8-18-10-17-14-6-5-11(16(20)21)7-15(14)18/h5-7,10,12-13,19H,1-4,8-9H2,(H,20,21). The van der Waals surface area contributed by atoms with Gasteiger partial charge in [0.2, 0.25) is 0 Å². The summed E-state index contributed by atoms with van der Waals surface area (Å²) in [6.07, 6.45) is 6.36. The monoisotopic (exact) mass is 288 g/mol. The van der Waals surface area contributed by atoms with Crippen LogP contribution in [0.1, 0.15) is 36.0 Å². The molecule has 1 aromatic heterocycles. The Kier molecular flexibility index (Phi) is 3.92. The van der Waals surface area contributed by atoms with Gasteiger partial charge in [0, 0.05) is 13.2 Å². The summed E-state index contributed by atoms with van der Waals surface area (Å²) >= 11 is 0. The number of hydrogen-bond donors (Lipinski definition) is 2. The number of hydrogen-bond acceptors (Lipinski definition) is 3. The van der Waals surface area contributed by atoms with E-state index in [1.54, 1.807) is 24.5 Å². The van der Waals surface area contributed by atoms with E-state index in [9.17, 15) is 9.90 Å². The van der Waals surface area contributed by atoms with Crippen molar-refractivity contribution in [2.45, 2.75) is 32.2 Å². The van der Waals surface area contributed by atoms with Crippen molar-refractivity contribution in [3.8, 4) is 0 Å². The maximum absolute atomic E-state index is 11.1. The first-order valence-electron chi connectivity index (χ1n) is 7.48. The van der Waals surface area contributed by atoms with E-state index in [2.05, 4.69) is 4.98 Å². The zero-order valence-corrected chi connectivity index (χ0v) is 11.9. The maximum atomic E-state index is 11.1. The minimum Gasteiger partial charge on any atom is -0.478 e. The van der Waals surface area contributed by atoms with Crippen molar-refractivity contribution in [3.63, 3.8) is 0 Å². The molecule has 1 saturated carbocycles. The second kappa shape index (κ2) is 5.85. The van der Waals surface area contributed by atoms with Gasteiger partial charge in [-0.3, -0.25) is 0 Å². The second-order valence-corrected chi connectivity index (χ2v) is 5.89. The predicted molar refractivity (Wildman–Crippen MR) is 79.2 cm³/mol. The molecule has 0 saturated heterocycles. The molecule has 21 heavy (non-hydrogen) atoms. The number of aliphatic hydroxyl groups excluding tert-OH is 1. The third-order valence-electron chi connectivity index (χ3n) is 4.60. The summed E-state index contributed by atoms with van der Waals surface area (Å²) in [6.45, 7) is 1.03. The molecular weight excluding hydrogens is 268 g/mol.